The molecule has 1 aromatic rings. The molecule has 0 aliphatic heterocycles. The first-order valence-electron chi connectivity index (χ1n) is 4.66. The highest BCUT2D eigenvalue weighted by Gasteiger charge is 2.04. The second-order valence-electron chi connectivity index (χ2n) is 3.51. The lowest BCUT2D eigenvalue weighted by molar-refractivity contribution is 0.558. The number of nitrogens with zero attached hydrogens (tertiary/aromatic N) is 2. The highest BCUT2D eigenvalue weighted by Crippen LogP contribution is 2.08. The third-order valence-corrected chi connectivity index (χ3v) is 2.06. The van der Waals surface area contributed by atoms with E-state index in [2.05, 4.69) is 35.3 Å². The Morgan fingerprint density at radius 1 is 1.71 bits per heavy atom. The maximum absolute atomic E-state index is 5.64. The number of halogens is 1. The molecule has 0 aliphatic rings. The fourth-order valence-corrected chi connectivity index (χ4v) is 1.35. The van der Waals surface area contributed by atoms with Crippen molar-refractivity contribution in [2.45, 2.75) is 26.4 Å². The Morgan fingerprint density at radius 3 is 3.00 bits per heavy atom. The van der Waals surface area contributed by atoms with Gasteiger partial charge in [0.2, 0.25) is 0 Å². The molecule has 0 bridgehead atoms. The molecule has 0 fully saturated rings. The van der Waals surface area contributed by atoms with Gasteiger partial charge in [0, 0.05) is 30.4 Å². The lowest BCUT2D eigenvalue weighted by atomic mass is 10.3. The van der Waals surface area contributed by atoms with Gasteiger partial charge in [0.25, 0.3) is 0 Å². The van der Waals surface area contributed by atoms with Crippen molar-refractivity contribution in [2.24, 2.45) is 0 Å². The molecule has 0 amide bonds. The van der Waals surface area contributed by atoms with Crippen molar-refractivity contribution in [3.8, 4) is 0 Å². The summed E-state index contributed by atoms with van der Waals surface area (Å²) in [4.78, 5) is 4.11. The van der Waals surface area contributed by atoms with Gasteiger partial charge in [-0.25, -0.2) is 4.98 Å². The van der Waals surface area contributed by atoms with E-state index in [9.17, 15) is 0 Å². The molecule has 0 unspecified atom stereocenters. The average Bonchev–Trinajstić information content (AvgIpc) is 2.51. The van der Waals surface area contributed by atoms with Crippen LogP contribution in [0.15, 0.2) is 24.1 Å². The van der Waals surface area contributed by atoms with Gasteiger partial charge in [0.1, 0.15) is 0 Å². The summed E-state index contributed by atoms with van der Waals surface area (Å²) in [5.74, 6) is 0. The van der Waals surface area contributed by atoms with Crippen LogP contribution >= 0.6 is 11.6 Å². The summed E-state index contributed by atoms with van der Waals surface area (Å²) in [5, 5.41) is 3.82. The Balaban J connectivity index is 2.50. The summed E-state index contributed by atoms with van der Waals surface area (Å²) in [6.45, 7) is 9.27. The molecular formula is C10H16ClN3. The minimum atomic E-state index is 0.438. The van der Waals surface area contributed by atoms with Crippen LogP contribution in [-0.4, -0.2) is 16.1 Å². The molecule has 0 radical (unpaired) electrons. The zero-order valence-corrected chi connectivity index (χ0v) is 9.38. The fraction of sp³-hybridized carbons (Fsp3) is 0.500. The van der Waals surface area contributed by atoms with Crippen molar-refractivity contribution >= 4 is 11.6 Å². The first kappa shape index (κ1) is 11.3. The molecule has 3 nitrogen and oxygen atoms in total. The number of hydrogen-bond donors (Lipinski definition) is 1. The molecular weight excluding hydrogens is 198 g/mol. The monoisotopic (exact) mass is 213 g/mol. The molecule has 1 heterocycles. The van der Waals surface area contributed by atoms with Crippen molar-refractivity contribution in [1.29, 1.82) is 0 Å². The van der Waals surface area contributed by atoms with Crippen LogP contribution < -0.4 is 5.32 Å². The predicted molar refractivity (Wildman–Crippen MR) is 59.3 cm³/mol. The largest absolute Gasteiger partial charge is 0.331 e. The molecule has 14 heavy (non-hydrogen) atoms. The van der Waals surface area contributed by atoms with Gasteiger partial charge < -0.3 is 9.88 Å². The molecule has 0 aromatic carbocycles. The quantitative estimate of drug-likeness (QED) is 0.814. The average molecular weight is 214 g/mol. The van der Waals surface area contributed by atoms with Crippen molar-refractivity contribution < 1.29 is 0 Å². The molecule has 0 aliphatic carbocycles. The predicted octanol–water partition coefficient (Wildman–Crippen LogP) is 2.31. The van der Waals surface area contributed by atoms with E-state index in [1.807, 2.05) is 12.5 Å². The number of nitrogens with one attached hydrogen (secondary N) is 1. The first-order valence-corrected chi connectivity index (χ1v) is 5.03. The molecule has 1 aromatic heterocycles. The van der Waals surface area contributed by atoms with Crippen LogP contribution in [0.4, 0.5) is 0 Å². The van der Waals surface area contributed by atoms with E-state index in [4.69, 9.17) is 11.6 Å². The summed E-state index contributed by atoms with van der Waals surface area (Å²) in [7, 11) is 0. The van der Waals surface area contributed by atoms with Gasteiger partial charge >= 0.3 is 0 Å². The highest BCUT2D eigenvalue weighted by molar-refractivity contribution is 6.29. The van der Waals surface area contributed by atoms with E-state index in [0.717, 1.165) is 12.2 Å². The second-order valence-corrected chi connectivity index (χ2v) is 4.04. The van der Waals surface area contributed by atoms with Gasteiger partial charge in [-0.05, 0) is 13.8 Å². The van der Waals surface area contributed by atoms with E-state index in [-0.39, 0.29) is 0 Å². The Hall–Kier alpha value is -0.800. The van der Waals surface area contributed by atoms with Gasteiger partial charge in [0.15, 0.2) is 0 Å². The number of imidazole rings is 1. The van der Waals surface area contributed by atoms with Crippen molar-refractivity contribution in [2.75, 3.05) is 6.54 Å². The Morgan fingerprint density at radius 2 is 2.43 bits per heavy atom. The maximum atomic E-state index is 5.64. The normalized spacial score (nSPS) is 10.9. The molecule has 0 spiro atoms. The molecule has 4 heteroatoms. The van der Waals surface area contributed by atoms with Crippen molar-refractivity contribution in [3.63, 3.8) is 0 Å². The van der Waals surface area contributed by atoms with E-state index in [1.165, 1.54) is 0 Å². The van der Waals surface area contributed by atoms with Gasteiger partial charge in [0.05, 0.1) is 12.0 Å². The summed E-state index contributed by atoms with van der Waals surface area (Å²) in [6, 6.07) is 0.438. The fourth-order valence-electron chi connectivity index (χ4n) is 1.26. The van der Waals surface area contributed by atoms with Crippen LogP contribution in [0.25, 0.3) is 0 Å². The molecule has 0 saturated carbocycles. The SMILES string of the molecule is C=C(Cl)CNCc1cncn1C(C)C. The molecule has 1 N–H and O–H groups in total. The van der Waals surface area contributed by atoms with Gasteiger partial charge in [-0.1, -0.05) is 18.2 Å². The van der Waals surface area contributed by atoms with E-state index < -0.39 is 0 Å². The number of hydrogen-bond acceptors (Lipinski definition) is 2. The Kier molecular flexibility index (Phi) is 4.17. The third kappa shape index (κ3) is 3.16. The first-order chi connectivity index (χ1) is 6.61. The number of rotatable bonds is 5. The molecule has 78 valence electrons. The second kappa shape index (κ2) is 5.17. The van der Waals surface area contributed by atoms with Crippen LogP contribution in [0.2, 0.25) is 0 Å². The summed E-state index contributed by atoms with van der Waals surface area (Å²) >= 11 is 5.64. The minimum absolute atomic E-state index is 0.438. The van der Waals surface area contributed by atoms with Crippen LogP contribution in [0.3, 0.4) is 0 Å². The minimum Gasteiger partial charge on any atom is -0.331 e. The van der Waals surface area contributed by atoms with Crippen molar-refractivity contribution in [3.05, 3.63) is 29.8 Å². The van der Waals surface area contributed by atoms with Crippen LogP contribution in [0, 0.1) is 0 Å². The number of aromatic nitrogens is 2. The van der Waals surface area contributed by atoms with Crippen LogP contribution in [0.1, 0.15) is 25.6 Å². The molecule has 1 rings (SSSR count). The third-order valence-electron chi connectivity index (χ3n) is 1.93. The summed E-state index contributed by atoms with van der Waals surface area (Å²) in [5.41, 5.74) is 1.16. The Labute approximate surface area is 89.8 Å². The van der Waals surface area contributed by atoms with Crippen LogP contribution in [0.5, 0.6) is 0 Å². The van der Waals surface area contributed by atoms with E-state index >= 15 is 0 Å². The molecule has 0 atom stereocenters. The summed E-state index contributed by atoms with van der Waals surface area (Å²) in [6.07, 6.45) is 3.71. The Bertz CT molecular complexity index is 304. The molecule has 0 saturated heterocycles. The van der Waals surface area contributed by atoms with E-state index in [1.54, 1.807) is 0 Å². The van der Waals surface area contributed by atoms with Gasteiger partial charge in [-0.2, -0.15) is 0 Å². The zero-order valence-electron chi connectivity index (χ0n) is 8.63. The maximum Gasteiger partial charge on any atom is 0.0951 e. The summed E-state index contributed by atoms with van der Waals surface area (Å²) < 4.78 is 2.13. The van der Waals surface area contributed by atoms with E-state index in [0.29, 0.717) is 17.6 Å². The van der Waals surface area contributed by atoms with Gasteiger partial charge in [-0.3, -0.25) is 0 Å². The van der Waals surface area contributed by atoms with Crippen molar-refractivity contribution in [1.82, 2.24) is 14.9 Å². The smallest absolute Gasteiger partial charge is 0.0951 e. The topological polar surface area (TPSA) is 29.9 Å². The lowest BCUT2D eigenvalue weighted by Crippen LogP contribution is -2.17. The van der Waals surface area contributed by atoms with Gasteiger partial charge in [-0.15, -0.1) is 0 Å². The zero-order chi connectivity index (χ0) is 10.6. The lowest BCUT2D eigenvalue weighted by Gasteiger charge is -2.11. The standard InChI is InChI=1S/C10H16ClN3/c1-8(2)14-7-13-6-10(14)5-12-4-9(3)11/h6-8,12H,3-5H2,1-2H3. The highest BCUT2D eigenvalue weighted by atomic mass is 35.5. The van der Waals surface area contributed by atoms with Crippen LogP contribution in [-0.2, 0) is 6.54 Å².